The molecule has 4 heteroatoms. The molecular weight excluding hydrogens is 542 g/mol. The van der Waals surface area contributed by atoms with Gasteiger partial charge in [0.15, 0.2) is 0 Å². The van der Waals surface area contributed by atoms with Crippen molar-refractivity contribution in [3.8, 4) is 0 Å². The molecule has 0 aromatic rings. The molecule has 0 aliphatic rings. The molecule has 0 radical (unpaired) electrons. The highest BCUT2D eigenvalue weighted by Crippen LogP contribution is 2.14. The fraction of sp³-hybridized carbons (Fsp3) is 0.675. The summed E-state index contributed by atoms with van der Waals surface area (Å²) >= 11 is 0. The summed E-state index contributed by atoms with van der Waals surface area (Å²) in [6.07, 6.45) is 49.6. The molecule has 0 heterocycles. The second-order valence-electron chi connectivity index (χ2n) is 11.9. The summed E-state index contributed by atoms with van der Waals surface area (Å²) in [6, 6.07) is -0.579. The average Bonchev–Trinajstić information content (AvgIpc) is 3.03. The van der Waals surface area contributed by atoms with E-state index >= 15 is 0 Å². The number of hydrogen-bond donors (Lipinski definition) is 3. The van der Waals surface area contributed by atoms with Crippen LogP contribution in [0.2, 0.25) is 0 Å². The Morgan fingerprint density at radius 1 is 0.568 bits per heavy atom. The van der Waals surface area contributed by atoms with Gasteiger partial charge in [0.05, 0.1) is 18.8 Å². The lowest BCUT2D eigenvalue weighted by molar-refractivity contribution is -0.123. The lowest BCUT2D eigenvalue weighted by Gasteiger charge is -2.22. The summed E-state index contributed by atoms with van der Waals surface area (Å²) in [4.78, 5) is 12.3. The van der Waals surface area contributed by atoms with Crippen molar-refractivity contribution in [3.63, 3.8) is 0 Å². The van der Waals surface area contributed by atoms with Gasteiger partial charge >= 0.3 is 0 Å². The first-order valence-corrected chi connectivity index (χ1v) is 18.1. The van der Waals surface area contributed by atoms with Gasteiger partial charge in [-0.2, -0.15) is 0 Å². The molecule has 0 saturated heterocycles. The number of unbranched alkanes of at least 4 members (excludes halogenated alkanes) is 12. The first-order chi connectivity index (χ1) is 21.7. The van der Waals surface area contributed by atoms with Crippen molar-refractivity contribution < 1.29 is 15.0 Å². The summed E-state index contributed by atoms with van der Waals surface area (Å²) in [5.74, 6) is -0.118. The number of amides is 1. The van der Waals surface area contributed by atoms with E-state index in [0.29, 0.717) is 19.3 Å². The van der Waals surface area contributed by atoms with Crippen molar-refractivity contribution in [1.29, 1.82) is 0 Å². The van der Waals surface area contributed by atoms with E-state index < -0.39 is 12.1 Å². The fourth-order valence-corrected chi connectivity index (χ4v) is 4.97. The Labute approximate surface area is 272 Å². The monoisotopic (exact) mass is 612 g/mol. The maximum Gasteiger partial charge on any atom is 0.220 e. The number of carbonyl (C=O) groups is 1. The summed E-state index contributed by atoms with van der Waals surface area (Å²) in [7, 11) is 0. The highest BCUT2D eigenvalue weighted by Gasteiger charge is 2.19. The Morgan fingerprint density at radius 3 is 1.36 bits per heavy atom. The van der Waals surface area contributed by atoms with Crippen LogP contribution >= 0.6 is 0 Å². The van der Waals surface area contributed by atoms with E-state index in [-0.39, 0.29) is 12.5 Å². The minimum Gasteiger partial charge on any atom is -0.394 e. The minimum atomic E-state index is -0.692. The minimum absolute atomic E-state index is 0.118. The molecular formula is C40H69NO3. The highest BCUT2D eigenvalue weighted by molar-refractivity contribution is 5.76. The number of allylic oxidation sites excluding steroid dienone is 12. The van der Waals surface area contributed by atoms with Crippen molar-refractivity contribution >= 4 is 5.91 Å². The van der Waals surface area contributed by atoms with Crippen molar-refractivity contribution in [1.82, 2.24) is 5.32 Å². The normalized spacial score (nSPS) is 14.0. The molecule has 2 unspecified atom stereocenters. The third-order valence-electron chi connectivity index (χ3n) is 7.75. The Hall–Kier alpha value is -2.17. The summed E-state index contributed by atoms with van der Waals surface area (Å²) < 4.78 is 0. The maximum atomic E-state index is 12.3. The van der Waals surface area contributed by atoms with E-state index in [1.807, 2.05) is 6.08 Å². The summed E-state index contributed by atoms with van der Waals surface area (Å²) in [5, 5.41) is 23.0. The van der Waals surface area contributed by atoms with E-state index in [4.69, 9.17) is 0 Å². The lowest BCUT2D eigenvalue weighted by atomic mass is 10.0. The molecule has 1 amide bonds. The van der Waals surface area contributed by atoms with E-state index in [1.165, 1.54) is 70.6 Å². The van der Waals surface area contributed by atoms with Gasteiger partial charge in [0.25, 0.3) is 0 Å². The quantitative estimate of drug-likeness (QED) is 0.0539. The number of rotatable bonds is 31. The first kappa shape index (κ1) is 41.8. The standard InChI is InChI=1S/C40H69NO3/c1-3-5-7-9-11-13-15-17-18-19-20-21-22-24-26-28-30-32-34-36-40(44)41-38(37-42)39(43)35-33-31-29-27-25-23-16-14-12-10-8-6-4-2/h5,7,11,13,17-18,20-21,24,26,30,32,38-39,42-43H,3-4,6,8-10,12,14-16,19,22-23,25,27-29,31,33-37H2,1-2H3,(H,41,44)/b7-5-,13-11-,18-17-,21-20-,26-24-,32-30-. The molecule has 0 bridgehead atoms. The molecule has 0 spiro atoms. The fourth-order valence-electron chi connectivity index (χ4n) is 4.97. The van der Waals surface area contributed by atoms with Gasteiger partial charge < -0.3 is 15.5 Å². The Balaban J connectivity index is 3.77. The van der Waals surface area contributed by atoms with E-state index in [1.54, 1.807) is 0 Å². The second-order valence-corrected chi connectivity index (χ2v) is 11.9. The van der Waals surface area contributed by atoms with E-state index in [2.05, 4.69) is 86.0 Å². The number of aliphatic hydroxyl groups is 2. The zero-order valence-corrected chi connectivity index (χ0v) is 28.6. The number of aliphatic hydroxyl groups excluding tert-OH is 2. The van der Waals surface area contributed by atoms with Crippen LogP contribution in [-0.4, -0.2) is 34.9 Å². The summed E-state index contributed by atoms with van der Waals surface area (Å²) in [5.41, 5.74) is 0. The summed E-state index contributed by atoms with van der Waals surface area (Å²) in [6.45, 7) is 4.19. The molecule has 4 nitrogen and oxygen atoms in total. The van der Waals surface area contributed by atoms with E-state index in [9.17, 15) is 15.0 Å². The molecule has 0 fully saturated rings. The van der Waals surface area contributed by atoms with Gasteiger partial charge in [-0.1, -0.05) is 170 Å². The number of carbonyl (C=O) groups excluding carboxylic acids is 1. The maximum absolute atomic E-state index is 12.3. The van der Waals surface area contributed by atoms with Gasteiger partial charge in [0.1, 0.15) is 0 Å². The average molecular weight is 612 g/mol. The molecule has 0 saturated carbocycles. The molecule has 0 aromatic carbocycles. The molecule has 3 N–H and O–H groups in total. The molecule has 252 valence electrons. The van der Waals surface area contributed by atoms with Crippen LogP contribution in [0.4, 0.5) is 0 Å². The zero-order valence-electron chi connectivity index (χ0n) is 28.6. The van der Waals surface area contributed by atoms with Crippen molar-refractivity contribution in [3.05, 3.63) is 72.9 Å². The predicted molar refractivity (Wildman–Crippen MR) is 193 cm³/mol. The largest absolute Gasteiger partial charge is 0.394 e. The second kappa shape index (κ2) is 35.3. The molecule has 0 rings (SSSR count). The first-order valence-electron chi connectivity index (χ1n) is 18.1. The van der Waals surface area contributed by atoms with Gasteiger partial charge in [-0.15, -0.1) is 0 Å². The Bertz CT molecular complexity index is 792. The predicted octanol–water partition coefficient (Wildman–Crippen LogP) is 10.8. The highest BCUT2D eigenvalue weighted by atomic mass is 16.3. The van der Waals surface area contributed by atoms with Gasteiger partial charge in [0.2, 0.25) is 5.91 Å². The SMILES string of the molecule is CC/C=C\C/C=C\C/C=C\C/C=C\C/C=C\C/C=C\CCC(=O)NC(CO)C(O)CCCCCCCCCCCCCCC. The van der Waals surface area contributed by atoms with Gasteiger partial charge in [-0.3, -0.25) is 4.79 Å². The van der Waals surface area contributed by atoms with Crippen LogP contribution in [0.15, 0.2) is 72.9 Å². The number of nitrogens with one attached hydrogen (secondary N) is 1. The van der Waals surface area contributed by atoms with Crippen LogP contribution in [0, 0.1) is 0 Å². The van der Waals surface area contributed by atoms with E-state index in [0.717, 1.165) is 51.4 Å². The topological polar surface area (TPSA) is 69.6 Å². The van der Waals surface area contributed by atoms with Crippen molar-refractivity contribution in [2.45, 2.75) is 167 Å². The van der Waals surface area contributed by atoms with Gasteiger partial charge in [0, 0.05) is 6.42 Å². The lowest BCUT2D eigenvalue weighted by Crippen LogP contribution is -2.45. The van der Waals surface area contributed by atoms with Crippen LogP contribution < -0.4 is 5.32 Å². The molecule has 0 aromatic heterocycles. The number of hydrogen-bond acceptors (Lipinski definition) is 3. The van der Waals surface area contributed by atoms with Gasteiger partial charge in [-0.05, 0) is 51.4 Å². The van der Waals surface area contributed by atoms with Crippen molar-refractivity contribution in [2.75, 3.05) is 6.61 Å². The van der Waals surface area contributed by atoms with Crippen LogP contribution in [0.1, 0.15) is 155 Å². The Kier molecular flexibility index (Phi) is 33.6. The molecule has 2 atom stereocenters. The van der Waals surface area contributed by atoms with Crippen molar-refractivity contribution in [2.24, 2.45) is 0 Å². The molecule has 0 aliphatic carbocycles. The smallest absolute Gasteiger partial charge is 0.220 e. The van der Waals surface area contributed by atoms with Crippen LogP contribution in [0.25, 0.3) is 0 Å². The third kappa shape index (κ3) is 31.3. The molecule has 44 heavy (non-hydrogen) atoms. The molecule has 0 aliphatic heterocycles. The third-order valence-corrected chi connectivity index (χ3v) is 7.75. The van der Waals surface area contributed by atoms with Crippen LogP contribution in [-0.2, 0) is 4.79 Å². The van der Waals surface area contributed by atoms with Gasteiger partial charge in [-0.25, -0.2) is 0 Å². The van der Waals surface area contributed by atoms with Crippen LogP contribution in [0.5, 0.6) is 0 Å². The zero-order chi connectivity index (χ0) is 32.2. The van der Waals surface area contributed by atoms with Crippen LogP contribution in [0.3, 0.4) is 0 Å². The Morgan fingerprint density at radius 2 is 0.955 bits per heavy atom.